The van der Waals surface area contributed by atoms with Gasteiger partial charge in [0.25, 0.3) is 0 Å². The van der Waals surface area contributed by atoms with Crippen LogP contribution in [0.4, 0.5) is 0 Å². The largest absolute Gasteiger partial charge is 0.508 e. The van der Waals surface area contributed by atoms with E-state index in [1.807, 2.05) is 12.1 Å². The molecule has 1 amide bonds. The van der Waals surface area contributed by atoms with E-state index in [0.29, 0.717) is 18.2 Å². The van der Waals surface area contributed by atoms with Crippen molar-refractivity contribution in [3.8, 4) is 5.75 Å². The van der Waals surface area contributed by atoms with Crippen LogP contribution in [0.5, 0.6) is 5.75 Å². The second-order valence-electron chi connectivity index (χ2n) is 11.3. The number of hydrogen-bond donors (Lipinski definition) is 2. The number of guanidine groups is 1. The summed E-state index contributed by atoms with van der Waals surface area (Å²) in [6, 6.07) is 18.9. The zero-order valence-corrected chi connectivity index (χ0v) is 22.2. The number of carbonyl (C=O) groups excluding carboxylic acids is 1. The van der Waals surface area contributed by atoms with Gasteiger partial charge in [0, 0.05) is 25.6 Å². The van der Waals surface area contributed by atoms with Gasteiger partial charge in [0.15, 0.2) is 5.96 Å². The zero-order valence-electron chi connectivity index (χ0n) is 22.2. The maximum absolute atomic E-state index is 12.8. The fraction of sp³-hybridized carbons (Fsp3) is 0.548. The summed E-state index contributed by atoms with van der Waals surface area (Å²) in [5, 5.41) is 13.0. The molecule has 1 aliphatic carbocycles. The van der Waals surface area contributed by atoms with Crippen molar-refractivity contribution in [3.63, 3.8) is 0 Å². The number of phenolic OH excluding ortho intramolecular Hbond substituents is 1. The van der Waals surface area contributed by atoms with Gasteiger partial charge in [-0.1, -0.05) is 74.6 Å². The van der Waals surface area contributed by atoms with E-state index in [0.717, 1.165) is 50.8 Å². The molecule has 1 saturated heterocycles. The van der Waals surface area contributed by atoms with Crippen molar-refractivity contribution in [1.29, 1.82) is 0 Å². The summed E-state index contributed by atoms with van der Waals surface area (Å²) < 4.78 is 0. The van der Waals surface area contributed by atoms with Crippen LogP contribution in [0.25, 0.3) is 0 Å². The van der Waals surface area contributed by atoms with Crippen molar-refractivity contribution in [2.75, 3.05) is 19.6 Å². The highest BCUT2D eigenvalue weighted by molar-refractivity contribution is 5.85. The van der Waals surface area contributed by atoms with Gasteiger partial charge in [-0.25, -0.2) is 0 Å². The Morgan fingerprint density at radius 1 is 1.00 bits per heavy atom. The molecule has 6 nitrogen and oxygen atoms in total. The SMILES string of the molecule is C[C@@H](CN1C2=NC[C@H](Cc3ccccc3)N2C[C@H]1Cc1ccc(O)cc1)NC(=O)CCC1CCCCC1. The van der Waals surface area contributed by atoms with Gasteiger partial charge < -0.3 is 20.2 Å². The van der Waals surface area contributed by atoms with Crippen molar-refractivity contribution in [2.24, 2.45) is 10.9 Å². The Balaban J connectivity index is 1.22. The highest BCUT2D eigenvalue weighted by Gasteiger charge is 2.42. The lowest BCUT2D eigenvalue weighted by Crippen LogP contribution is -2.46. The van der Waals surface area contributed by atoms with Crippen molar-refractivity contribution >= 4 is 11.9 Å². The van der Waals surface area contributed by atoms with Crippen LogP contribution in [0.15, 0.2) is 59.6 Å². The van der Waals surface area contributed by atoms with Gasteiger partial charge in [0.2, 0.25) is 5.91 Å². The number of fused-ring (bicyclic) bond motifs is 1. The number of benzene rings is 2. The monoisotopic (exact) mass is 502 g/mol. The van der Waals surface area contributed by atoms with Crippen LogP contribution in [0.2, 0.25) is 0 Å². The minimum absolute atomic E-state index is 0.0528. The standard InChI is InChI=1S/C31H42N4O2/c1-23(33-30(37)17-14-24-8-4-2-5-9-24)21-34-28(19-26-12-15-29(36)16-13-26)22-35-27(20-32-31(34)35)18-25-10-6-3-7-11-25/h3,6-7,10-13,15-16,23-24,27-28,36H,2,4-5,8-9,14,17-22H2,1H3,(H,33,37)/t23-,27-,28+/m0/s1. The molecule has 5 rings (SSSR count). The molecule has 2 N–H and O–H groups in total. The van der Waals surface area contributed by atoms with E-state index in [1.54, 1.807) is 12.1 Å². The number of nitrogens with one attached hydrogen (secondary N) is 1. The topological polar surface area (TPSA) is 68.2 Å². The summed E-state index contributed by atoms with van der Waals surface area (Å²) in [6.45, 7) is 4.62. The summed E-state index contributed by atoms with van der Waals surface area (Å²) in [4.78, 5) is 22.7. The van der Waals surface area contributed by atoms with Gasteiger partial charge in [-0.15, -0.1) is 0 Å². The molecule has 6 heteroatoms. The van der Waals surface area contributed by atoms with Gasteiger partial charge in [0.1, 0.15) is 5.75 Å². The van der Waals surface area contributed by atoms with E-state index in [4.69, 9.17) is 4.99 Å². The molecular weight excluding hydrogens is 460 g/mol. The van der Waals surface area contributed by atoms with Crippen LogP contribution in [0, 0.1) is 5.92 Å². The van der Waals surface area contributed by atoms with E-state index in [2.05, 4.69) is 52.4 Å². The molecule has 0 radical (unpaired) electrons. The van der Waals surface area contributed by atoms with Gasteiger partial charge >= 0.3 is 0 Å². The molecule has 2 heterocycles. The number of rotatable bonds is 10. The Morgan fingerprint density at radius 2 is 1.70 bits per heavy atom. The molecule has 2 fully saturated rings. The number of amides is 1. The maximum atomic E-state index is 12.8. The molecule has 3 aliphatic rings. The van der Waals surface area contributed by atoms with Crippen molar-refractivity contribution in [1.82, 2.24) is 15.1 Å². The minimum Gasteiger partial charge on any atom is -0.508 e. The summed E-state index contributed by atoms with van der Waals surface area (Å²) in [5.41, 5.74) is 2.55. The Bertz CT molecular complexity index is 1050. The molecule has 3 atom stereocenters. The van der Waals surface area contributed by atoms with Crippen LogP contribution < -0.4 is 5.32 Å². The van der Waals surface area contributed by atoms with Gasteiger partial charge in [-0.05, 0) is 55.4 Å². The average molecular weight is 503 g/mol. The lowest BCUT2D eigenvalue weighted by atomic mass is 9.86. The number of carbonyl (C=O) groups is 1. The molecule has 2 aliphatic heterocycles. The maximum Gasteiger partial charge on any atom is 0.220 e. The van der Waals surface area contributed by atoms with E-state index in [9.17, 15) is 9.90 Å². The van der Waals surface area contributed by atoms with Crippen molar-refractivity contribution < 1.29 is 9.90 Å². The van der Waals surface area contributed by atoms with E-state index >= 15 is 0 Å². The fourth-order valence-electron chi connectivity index (χ4n) is 6.38. The molecule has 198 valence electrons. The molecule has 1 saturated carbocycles. The summed E-state index contributed by atoms with van der Waals surface area (Å²) in [7, 11) is 0. The molecule has 0 unspecified atom stereocenters. The number of aromatic hydroxyl groups is 1. The molecule has 2 aromatic rings. The Kier molecular flexibility index (Phi) is 8.32. The summed E-state index contributed by atoms with van der Waals surface area (Å²) >= 11 is 0. The third-order valence-corrected chi connectivity index (χ3v) is 8.35. The van der Waals surface area contributed by atoms with Crippen LogP contribution in [0.1, 0.15) is 63.0 Å². The van der Waals surface area contributed by atoms with Crippen LogP contribution in [0.3, 0.4) is 0 Å². The van der Waals surface area contributed by atoms with E-state index in [1.165, 1.54) is 43.2 Å². The first-order chi connectivity index (χ1) is 18.0. The highest BCUT2D eigenvalue weighted by Crippen LogP contribution is 2.29. The van der Waals surface area contributed by atoms with Gasteiger partial charge in [0.05, 0.1) is 18.6 Å². The second kappa shape index (κ2) is 12.0. The van der Waals surface area contributed by atoms with Crippen LogP contribution in [-0.2, 0) is 17.6 Å². The van der Waals surface area contributed by atoms with Crippen LogP contribution in [-0.4, -0.2) is 64.5 Å². The third kappa shape index (κ3) is 6.65. The first kappa shape index (κ1) is 25.6. The Hall–Kier alpha value is -3.02. The third-order valence-electron chi connectivity index (χ3n) is 8.35. The van der Waals surface area contributed by atoms with E-state index < -0.39 is 0 Å². The van der Waals surface area contributed by atoms with Crippen LogP contribution >= 0.6 is 0 Å². The second-order valence-corrected chi connectivity index (χ2v) is 11.3. The first-order valence-electron chi connectivity index (χ1n) is 14.2. The summed E-state index contributed by atoms with van der Waals surface area (Å²) in [6.07, 6.45) is 10.1. The molecule has 0 aromatic heterocycles. The molecule has 2 aromatic carbocycles. The Labute approximate surface area is 221 Å². The summed E-state index contributed by atoms with van der Waals surface area (Å²) in [5.74, 6) is 2.28. The lowest BCUT2D eigenvalue weighted by Gasteiger charge is -2.29. The molecular formula is C31H42N4O2. The number of hydrogen-bond acceptors (Lipinski definition) is 5. The number of aliphatic imine (C=N–C) groups is 1. The normalized spacial score (nSPS) is 22.6. The first-order valence-corrected chi connectivity index (χ1v) is 14.2. The van der Waals surface area contributed by atoms with Gasteiger partial charge in [-0.3, -0.25) is 9.79 Å². The molecule has 0 spiro atoms. The quantitative estimate of drug-likeness (QED) is 0.491. The van der Waals surface area contributed by atoms with Crippen molar-refractivity contribution in [3.05, 3.63) is 65.7 Å². The number of phenols is 1. The lowest BCUT2D eigenvalue weighted by molar-refractivity contribution is -0.122. The van der Waals surface area contributed by atoms with Crippen molar-refractivity contribution in [2.45, 2.75) is 82.8 Å². The average Bonchev–Trinajstić information content (AvgIpc) is 3.45. The number of nitrogens with zero attached hydrogens (tertiary/aromatic N) is 3. The Morgan fingerprint density at radius 3 is 2.46 bits per heavy atom. The fourth-order valence-corrected chi connectivity index (χ4v) is 6.38. The zero-order chi connectivity index (χ0) is 25.6. The predicted molar refractivity (Wildman–Crippen MR) is 149 cm³/mol. The van der Waals surface area contributed by atoms with Gasteiger partial charge in [-0.2, -0.15) is 0 Å². The minimum atomic E-state index is 0.0528. The molecule has 0 bridgehead atoms. The molecule has 37 heavy (non-hydrogen) atoms. The smallest absolute Gasteiger partial charge is 0.220 e. The highest BCUT2D eigenvalue weighted by atomic mass is 16.3. The predicted octanol–water partition coefficient (Wildman–Crippen LogP) is 4.77. The van der Waals surface area contributed by atoms with E-state index in [-0.39, 0.29) is 18.0 Å².